The van der Waals surface area contributed by atoms with E-state index in [-0.39, 0.29) is 5.97 Å². The summed E-state index contributed by atoms with van der Waals surface area (Å²) >= 11 is 0. The lowest BCUT2D eigenvalue weighted by molar-refractivity contribution is -0.140. The first-order chi connectivity index (χ1) is 8.04. The third-order valence-corrected chi connectivity index (χ3v) is 3.99. The minimum atomic E-state index is -0.890. The molecule has 1 atom stereocenters. The zero-order valence-corrected chi connectivity index (χ0v) is 11.3. The van der Waals surface area contributed by atoms with Crippen LogP contribution in [0.1, 0.15) is 12.8 Å². The van der Waals surface area contributed by atoms with Gasteiger partial charge in [0.05, 0.1) is 24.5 Å². The van der Waals surface area contributed by atoms with Crippen LogP contribution in [0.25, 0.3) is 0 Å². The van der Waals surface area contributed by atoms with Crippen LogP contribution in [-0.2, 0) is 20.5 Å². The van der Waals surface area contributed by atoms with Gasteiger partial charge in [-0.1, -0.05) is 6.58 Å². The number of allylic oxidation sites excluding steroid dienone is 1. The third-order valence-electron chi connectivity index (χ3n) is 2.89. The molecular formula is C11H20N2O3S. The minimum Gasteiger partial charge on any atom is -0.469 e. The molecule has 0 radical (unpaired) electrons. The fraction of sp³-hybridized carbons (Fsp3) is 0.727. The molecule has 1 aliphatic rings. The number of esters is 1. The average Bonchev–Trinajstić information content (AvgIpc) is 2.35. The molecule has 1 rings (SSSR count). The van der Waals surface area contributed by atoms with Crippen LogP contribution in [0.5, 0.6) is 0 Å². The third kappa shape index (κ3) is 4.47. The molecule has 0 amide bonds. The van der Waals surface area contributed by atoms with Crippen LogP contribution in [0.4, 0.5) is 0 Å². The molecule has 0 spiro atoms. The van der Waals surface area contributed by atoms with E-state index >= 15 is 0 Å². The molecule has 5 nitrogen and oxygen atoms in total. The van der Waals surface area contributed by atoms with E-state index in [2.05, 4.69) is 16.2 Å². The monoisotopic (exact) mass is 260 g/mol. The number of rotatable bonds is 5. The van der Waals surface area contributed by atoms with Crippen molar-refractivity contribution in [2.45, 2.75) is 12.8 Å². The Bertz CT molecular complexity index is 312. The van der Waals surface area contributed by atoms with E-state index in [0.717, 1.165) is 31.9 Å². The Morgan fingerprint density at radius 1 is 1.29 bits per heavy atom. The van der Waals surface area contributed by atoms with Crippen molar-refractivity contribution < 1.29 is 13.7 Å². The van der Waals surface area contributed by atoms with Crippen LogP contribution in [0.15, 0.2) is 12.3 Å². The van der Waals surface area contributed by atoms with Gasteiger partial charge in [-0.15, -0.1) is 0 Å². The predicted octanol–water partition coefficient (Wildman–Crippen LogP) is 0.364. The maximum absolute atomic E-state index is 11.3. The summed E-state index contributed by atoms with van der Waals surface area (Å²) in [6.45, 7) is 7.17. The van der Waals surface area contributed by atoms with E-state index in [0.29, 0.717) is 12.8 Å². The van der Waals surface area contributed by atoms with Gasteiger partial charge in [0.15, 0.2) is 0 Å². The number of ether oxygens (including phenoxy) is 1. The van der Waals surface area contributed by atoms with Gasteiger partial charge in [-0.25, -0.2) is 8.51 Å². The summed E-state index contributed by atoms with van der Waals surface area (Å²) in [6, 6.07) is 0. The first-order valence-corrected chi connectivity index (χ1v) is 7.14. The lowest BCUT2D eigenvalue weighted by Crippen LogP contribution is -2.45. The van der Waals surface area contributed by atoms with Crippen molar-refractivity contribution in [1.82, 2.24) is 9.21 Å². The Morgan fingerprint density at radius 3 is 2.35 bits per heavy atom. The molecule has 1 unspecified atom stereocenters. The van der Waals surface area contributed by atoms with Crippen LogP contribution >= 0.6 is 0 Å². The molecule has 17 heavy (non-hydrogen) atoms. The molecule has 0 N–H and O–H groups in total. The van der Waals surface area contributed by atoms with Crippen molar-refractivity contribution in [3.8, 4) is 0 Å². The topological polar surface area (TPSA) is 49.9 Å². The SMILES string of the molecule is C=C(CCC(=O)OC)N1CCN(S(C)=O)CC1. The summed E-state index contributed by atoms with van der Waals surface area (Å²) < 4.78 is 17.8. The van der Waals surface area contributed by atoms with Crippen molar-refractivity contribution in [3.63, 3.8) is 0 Å². The number of carbonyl (C=O) groups excluding carboxylic acids is 1. The van der Waals surface area contributed by atoms with Crippen molar-refractivity contribution >= 4 is 17.0 Å². The molecule has 1 fully saturated rings. The van der Waals surface area contributed by atoms with Crippen molar-refractivity contribution in [1.29, 1.82) is 0 Å². The molecule has 0 aromatic rings. The Balaban J connectivity index is 2.31. The number of hydrogen-bond acceptors (Lipinski definition) is 4. The highest BCUT2D eigenvalue weighted by Crippen LogP contribution is 2.13. The summed E-state index contributed by atoms with van der Waals surface area (Å²) in [5.41, 5.74) is 0.955. The number of piperazine rings is 1. The largest absolute Gasteiger partial charge is 0.469 e. The van der Waals surface area contributed by atoms with Crippen LogP contribution in [0, 0.1) is 0 Å². The van der Waals surface area contributed by atoms with Crippen LogP contribution < -0.4 is 0 Å². The minimum absolute atomic E-state index is 0.209. The van der Waals surface area contributed by atoms with Crippen molar-refractivity contribution in [3.05, 3.63) is 12.3 Å². The second-order valence-electron chi connectivity index (χ2n) is 3.98. The normalized spacial score (nSPS) is 18.8. The van der Waals surface area contributed by atoms with Gasteiger partial charge in [-0.2, -0.15) is 0 Å². The van der Waals surface area contributed by atoms with Crippen molar-refractivity contribution in [2.75, 3.05) is 39.5 Å². The van der Waals surface area contributed by atoms with E-state index in [9.17, 15) is 9.00 Å². The smallest absolute Gasteiger partial charge is 0.305 e. The molecule has 1 aliphatic heterocycles. The Kier molecular flexibility index (Phi) is 5.64. The lowest BCUT2D eigenvalue weighted by atomic mass is 10.2. The first-order valence-electron chi connectivity index (χ1n) is 5.62. The van der Waals surface area contributed by atoms with E-state index in [1.54, 1.807) is 6.26 Å². The van der Waals surface area contributed by atoms with Gasteiger partial charge in [0.2, 0.25) is 0 Å². The first kappa shape index (κ1) is 14.2. The quantitative estimate of drug-likeness (QED) is 0.670. The highest BCUT2D eigenvalue weighted by atomic mass is 32.2. The molecule has 98 valence electrons. The maximum Gasteiger partial charge on any atom is 0.305 e. The highest BCUT2D eigenvalue weighted by Gasteiger charge is 2.19. The van der Waals surface area contributed by atoms with Crippen LogP contribution in [0.3, 0.4) is 0 Å². The standard InChI is InChI=1S/C11H20N2O3S/c1-10(4-5-11(14)16-2)12-6-8-13(9-7-12)17(3)15/h1,4-9H2,2-3H3. The summed E-state index contributed by atoms with van der Waals surface area (Å²) in [5.74, 6) is -0.209. The molecule has 0 aromatic heterocycles. The molecule has 0 aromatic carbocycles. The Hall–Kier alpha value is -0.880. The molecule has 0 aliphatic carbocycles. The van der Waals surface area contributed by atoms with Gasteiger partial charge >= 0.3 is 5.97 Å². The zero-order valence-electron chi connectivity index (χ0n) is 10.5. The van der Waals surface area contributed by atoms with Crippen LogP contribution in [-0.4, -0.2) is 58.9 Å². The molecule has 0 bridgehead atoms. The summed E-state index contributed by atoms with van der Waals surface area (Å²) in [4.78, 5) is 13.2. The summed E-state index contributed by atoms with van der Waals surface area (Å²) in [5, 5.41) is 0. The van der Waals surface area contributed by atoms with E-state index in [1.165, 1.54) is 7.11 Å². The Labute approximate surface area is 105 Å². The number of methoxy groups -OCH3 is 1. The van der Waals surface area contributed by atoms with Crippen LogP contribution in [0.2, 0.25) is 0 Å². The molecular weight excluding hydrogens is 240 g/mol. The van der Waals surface area contributed by atoms with E-state index < -0.39 is 11.0 Å². The average molecular weight is 260 g/mol. The van der Waals surface area contributed by atoms with E-state index in [4.69, 9.17) is 0 Å². The van der Waals surface area contributed by atoms with Gasteiger partial charge < -0.3 is 9.64 Å². The summed E-state index contributed by atoms with van der Waals surface area (Å²) in [7, 11) is 0.500. The van der Waals surface area contributed by atoms with Gasteiger partial charge in [-0.05, 0) is 6.42 Å². The molecule has 0 saturated carbocycles. The second kappa shape index (κ2) is 6.76. The van der Waals surface area contributed by atoms with E-state index in [1.807, 2.05) is 4.31 Å². The number of carbonyl (C=O) groups is 1. The van der Waals surface area contributed by atoms with Gasteiger partial charge in [-0.3, -0.25) is 4.79 Å². The van der Waals surface area contributed by atoms with Crippen molar-refractivity contribution in [2.24, 2.45) is 0 Å². The number of hydrogen-bond donors (Lipinski definition) is 0. The second-order valence-corrected chi connectivity index (χ2v) is 5.35. The van der Waals surface area contributed by atoms with Gasteiger partial charge in [0.1, 0.15) is 0 Å². The highest BCUT2D eigenvalue weighted by molar-refractivity contribution is 7.81. The predicted molar refractivity (Wildman–Crippen MR) is 67.6 cm³/mol. The molecule has 1 saturated heterocycles. The number of nitrogens with zero attached hydrogens (tertiary/aromatic N) is 2. The fourth-order valence-electron chi connectivity index (χ4n) is 1.77. The molecule has 1 heterocycles. The summed E-state index contributed by atoms with van der Waals surface area (Å²) in [6.07, 6.45) is 2.69. The maximum atomic E-state index is 11.3. The van der Waals surface area contributed by atoms with Gasteiger partial charge in [0, 0.05) is 38.1 Å². The molecule has 6 heteroatoms. The lowest BCUT2D eigenvalue weighted by Gasteiger charge is -2.35. The Morgan fingerprint density at radius 2 is 1.88 bits per heavy atom. The fourth-order valence-corrected chi connectivity index (χ4v) is 2.45. The van der Waals surface area contributed by atoms with Gasteiger partial charge in [0.25, 0.3) is 0 Å². The zero-order chi connectivity index (χ0) is 12.8.